The maximum absolute atomic E-state index is 4.68. The first-order chi connectivity index (χ1) is 8.20. The third kappa shape index (κ3) is 2.61. The summed E-state index contributed by atoms with van der Waals surface area (Å²) in [6.45, 7) is 0. The minimum atomic E-state index is 0.00907. The van der Waals surface area contributed by atoms with E-state index in [2.05, 4.69) is 34.6 Å². The summed E-state index contributed by atoms with van der Waals surface area (Å²) in [6.07, 6.45) is 1.80. The molecule has 0 amide bonds. The number of benzene rings is 1. The van der Waals surface area contributed by atoms with E-state index in [9.17, 15) is 0 Å². The standard InChI is InChI=1S/C14H16N2S/c1-16(2)13-9-4-3-7-11(13)14(17)12-8-5-6-10-15-12/h3-10,14,17H,1-2H3. The van der Waals surface area contributed by atoms with Crippen molar-refractivity contribution in [3.63, 3.8) is 0 Å². The van der Waals surface area contributed by atoms with Gasteiger partial charge < -0.3 is 4.90 Å². The fourth-order valence-corrected chi connectivity index (χ4v) is 2.19. The average molecular weight is 244 g/mol. The Morgan fingerprint density at radius 1 is 1.06 bits per heavy atom. The Balaban J connectivity index is 2.41. The van der Waals surface area contributed by atoms with Crippen molar-refractivity contribution in [1.29, 1.82) is 0 Å². The molecule has 0 radical (unpaired) electrons. The van der Waals surface area contributed by atoms with E-state index in [0.29, 0.717) is 0 Å². The van der Waals surface area contributed by atoms with Crippen LogP contribution in [0.3, 0.4) is 0 Å². The maximum atomic E-state index is 4.68. The number of hydrogen-bond acceptors (Lipinski definition) is 3. The average Bonchev–Trinajstić information content (AvgIpc) is 2.39. The molecule has 0 bridgehead atoms. The third-order valence-electron chi connectivity index (χ3n) is 2.68. The van der Waals surface area contributed by atoms with E-state index in [1.54, 1.807) is 6.20 Å². The number of hydrogen-bond donors (Lipinski definition) is 1. The summed E-state index contributed by atoms with van der Waals surface area (Å²) < 4.78 is 0. The highest BCUT2D eigenvalue weighted by atomic mass is 32.1. The van der Waals surface area contributed by atoms with E-state index in [4.69, 9.17) is 0 Å². The molecule has 88 valence electrons. The van der Waals surface area contributed by atoms with Gasteiger partial charge in [-0.15, -0.1) is 0 Å². The second-order valence-electron chi connectivity index (χ2n) is 4.11. The highest BCUT2D eigenvalue weighted by molar-refractivity contribution is 7.80. The second-order valence-corrected chi connectivity index (χ2v) is 4.63. The molecule has 17 heavy (non-hydrogen) atoms. The summed E-state index contributed by atoms with van der Waals surface area (Å²) in [5.41, 5.74) is 3.34. The van der Waals surface area contributed by atoms with Gasteiger partial charge in [0.25, 0.3) is 0 Å². The Morgan fingerprint density at radius 3 is 2.41 bits per heavy atom. The van der Waals surface area contributed by atoms with Crippen LogP contribution >= 0.6 is 12.6 Å². The van der Waals surface area contributed by atoms with Gasteiger partial charge in [-0.2, -0.15) is 12.6 Å². The molecule has 0 saturated heterocycles. The van der Waals surface area contributed by atoms with Gasteiger partial charge >= 0.3 is 0 Å². The number of pyridine rings is 1. The van der Waals surface area contributed by atoms with Crippen LogP contribution in [-0.4, -0.2) is 19.1 Å². The number of aromatic nitrogens is 1. The van der Waals surface area contributed by atoms with Crippen LogP contribution in [0.25, 0.3) is 0 Å². The van der Waals surface area contributed by atoms with Gasteiger partial charge in [-0.3, -0.25) is 4.98 Å². The molecule has 0 aliphatic heterocycles. The molecule has 1 heterocycles. The van der Waals surface area contributed by atoms with E-state index in [1.165, 1.54) is 11.3 Å². The molecular formula is C14H16N2S. The molecule has 1 unspecified atom stereocenters. The lowest BCUT2D eigenvalue weighted by molar-refractivity contribution is 1.03. The van der Waals surface area contributed by atoms with Crippen molar-refractivity contribution in [2.45, 2.75) is 5.25 Å². The molecule has 0 aliphatic rings. The van der Waals surface area contributed by atoms with E-state index in [0.717, 1.165) is 5.69 Å². The van der Waals surface area contributed by atoms with Crippen LogP contribution in [0, 0.1) is 0 Å². The highest BCUT2D eigenvalue weighted by Crippen LogP contribution is 2.33. The monoisotopic (exact) mass is 244 g/mol. The molecule has 0 fully saturated rings. The van der Waals surface area contributed by atoms with Crippen LogP contribution in [0.5, 0.6) is 0 Å². The molecule has 0 spiro atoms. The first kappa shape index (κ1) is 12.0. The van der Waals surface area contributed by atoms with Gasteiger partial charge in [0.15, 0.2) is 0 Å². The first-order valence-corrected chi connectivity index (χ1v) is 6.07. The molecule has 0 saturated carbocycles. The van der Waals surface area contributed by atoms with E-state index in [-0.39, 0.29) is 5.25 Å². The van der Waals surface area contributed by atoms with Crippen molar-refractivity contribution in [2.24, 2.45) is 0 Å². The lowest BCUT2D eigenvalue weighted by atomic mass is 10.1. The zero-order valence-electron chi connectivity index (χ0n) is 10.0. The number of para-hydroxylation sites is 1. The largest absolute Gasteiger partial charge is 0.377 e. The van der Waals surface area contributed by atoms with Gasteiger partial charge in [-0.1, -0.05) is 24.3 Å². The molecule has 0 aliphatic carbocycles. The number of nitrogens with zero attached hydrogens (tertiary/aromatic N) is 2. The van der Waals surface area contributed by atoms with Crippen molar-refractivity contribution >= 4 is 18.3 Å². The highest BCUT2D eigenvalue weighted by Gasteiger charge is 2.14. The molecular weight excluding hydrogens is 228 g/mol. The topological polar surface area (TPSA) is 16.1 Å². The van der Waals surface area contributed by atoms with Crippen molar-refractivity contribution < 1.29 is 0 Å². The number of anilines is 1. The van der Waals surface area contributed by atoms with Crippen LogP contribution in [0.15, 0.2) is 48.7 Å². The zero-order chi connectivity index (χ0) is 12.3. The minimum Gasteiger partial charge on any atom is -0.377 e. The van der Waals surface area contributed by atoms with Crippen molar-refractivity contribution in [3.05, 3.63) is 59.9 Å². The van der Waals surface area contributed by atoms with Gasteiger partial charge in [0.05, 0.1) is 10.9 Å². The fraction of sp³-hybridized carbons (Fsp3) is 0.214. The predicted molar refractivity (Wildman–Crippen MR) is 75.8 cm³/mol. The molecule has 0 N–H and O–H groups in total. The Labute approximate surface area is 108 Å². The van der Waals surface area contributed by atoms with E-state index >= 15 is 0 Å². The van der Waals surface area contributed by atoms with Crippen molar-refractivity contribution in [3.8, 4) is 0 Å². The van der Waals surface area contributed by atoms with Gasteiger partial charge in [-0.05, 0) is 23.8 Å². The van der Waals surface area contributed by atoms with Crippen LogP contribution in [-0.2, 0) is 0 Å². The normalized spacial score (nSPS) is 12.2. The van der Waals surface area contributed by atoms with Gasteiger partial charge in [0, 0.05) is 26.0 Å². The SMILES string of the molecule is CN(C)c1ccccc1C(S)c1ccccn1. The van der Waals surface area contributed by atoms with Gasteiger partial charge in [0.2, 0.25) is 0 Å². The molecule has 1 atom stereocenters. The van der Waals surface area contributed by atoms with Gasteiger partial charge in [0.1, 0.15) is 0 Å². The summed E-state index contributed by atoms with van der Waals surface area (Å²) >= 11 is 4.68. The van der Waals surface area contributed by atoms with Crippen LogP contribution in [0.2, 0.25) is 0 Å². The summed E-state index contributed by atoms with van der Waals surface area (Å²) in [5.74, 6) is 0. The number of rotatable bonds is 3. The quantitative estimate of drug-likeness (QED) is 0.835. The van der Waals surface area contributed by atoms with Crippen molar-refractivity contribution in [1.82, 2.24) is 4.98 Å². The fourth-order valence-electron chi connectivity index (χ4n) is 1.82. The lowest BCUT2D eigenvalue weighted by Crippen LogP contribution is -2.12. The van der Waals surface area contributed by atoms with Crippen LogP contribution < -0.4 is 4.90 Å². The lowest BCUT2D eigenvalue weighted by Gasteiger charge is -2.20. The third-order valence-corrected chi connectivity index (χ3v) is 3.22. The number of thiol groups is 1. The Bertz CT molecular complexity index is 483. The predicted octanol–water partition coefficient (Wildman–Crippen LogP) is 3.17. The van der Waals surface area contributed by atoms with E-state index in [1.807, 2.05) is 44.4 Å². The zero-order valence-corrected chi connectivity index (χ0v) is 10.9. The minimum absolute atomic E-state index is 0.00907. The molecule has 2 rings (SSSR count). The molecule has 1 aromatic heterocycles. The summed E-state index contributed by atoms with van der Waals surface area (Å²) in [7, 11) is 4.08. The summed E-state index contributed by atoms with van der Waals surface area (Å²) in [6, 6.07) is 14.2. The second kappa shape index (κ2) is 5.23. The van der Waals surface area contributed by atoms with E-state index < -0.39 is 0 Å². The molecule has 1 aromatic carbocycles. The maximum Gasteiger partial charge on any atom is 0.0709 e. The van der Waals surface area contributed by atoms with Crippen LogP contribution in [0.1, 0.15) is 16.5 Å². The molecule has 3 heteroatoms. The first-order valence-electron chi connectivity index (χ1n) is 5.55. The molecule has 2 aromatic rings. The van der Waals surface area contributed by atoms with Crippen LogP contribution in [0.4, 0.5) is 5.69 Å². The Hall–Kier alpha value is -1.48. The smallest absolute Gasteiger partial charge is 0.0709 e. The summed E-state index contributed by atoms with van der Waals surface area (Å²) in [5, 5.41) is 0.00907. The summed E-state index contributed by atoms with van der Waals surface area (Å²) in [4.78, 5) is 6.46. The Morgan fingerprint density at radius 2 is 1.76 bits per heavy atom. The van der Waals surface area contributed by atoms with Gasteiger partial charge in [-0.25, -0.2) is 0 Å². The molecule has 2 nitrogen and oxygen atoms in total. The van der Waals surface area contributed by atoms with Crippen molar-refractivity contribution in [2.75, 3.05) is 19.0 Å². The Kier molecular flexibility index (Phi) is 3.69.